The van der Waals surface area contributed by atoms with Gasteiger partial charge in [0.25, 0.3) is 10.0 Å². The van der Waals surface area contributed by atoms with E-state index in [-0.39, 0.29) is 14.5 Å². The zero-order valence-electron chi connectivity index (χ0n) is 14.3. The normalized spacial score (nSPS) is 12.2. The van der Waals surface area contributed by atoms with Gasteiger partial charge < -0.3 is 5.11 Å². The first-order chi connectivity index (χ1) is 10.9. The van der Waals surface area contributed by atoms with Gasteiger partial charge in [0.15, 0.2) is 0 Å². The van der Waals surface area contributed by atoms with Crippen LogP contribution in [0.2, 0.25) is 0 Å². The van der Waals surface area contributed by atoms with Crippen molar-refractivity contribution in [1.82, 2.24) is 0 Å². The van der Waals surface area contributed by atoms with E-state index in [4.69, 9.17) is 5.11 Å². The minimum Gasteiger partial charge on any atom is -0.477 e. The molecule has 1 N–H and O–H groups in total. The number of aromatic carboxylic acids is 1. The Balaban J connectivity index is 2.39. The van der Waals surface area contributed by atoms with Crippen molar-refractivity contribution in [3.8, 4) is 0 Å². The molecule has 0 amide bonds. The zero-order chi connectivity index (χ0) is 18.3. The summed E-state index contributed by atoms with van der Waals surface area (Å²) in [5, 5.41) is 9.11. The lowest BCUT2D eigenvalue weighted by Gasteiger charge is -2.22. The highest BCUT2D eigenvalue weighted by Gasteiger charge is 2.26. The van der Waals surface area contributed by atoms with Crippen molar-refractivity contribution in [1.29, 1.82) is 0 Å². The van der Waals surface area contributed by atoms with E-state index in [1.165, 1.54) is 17.4 Å². The molecule has 0 saturated heterocycles. The molecule has 0 radical (unpaired) electrons. The molecule has 1 aromatic carbocycles. The van der Waals surface area contributed by atoms with E-state index in [0.29, 0.717) is 11.3 Å². The molecular weight excluding hydrogens is 346 g/mol. The fourth-order valence-electron chi connectivity index (χ4n) is 2.24. The number of hydrogen-bond acceptors (Lipinski definition) is 4. The molecule has 0 fully saturated rings. The van der Waals surface area contributed by atoms with Crippen molar-refractivity contribution in [2.75, 3.05) is 11.4 Å². The first-order valence-corrected chi connectivity index (χ1v) is 9.63. The minimum absolute atomic E-state index is 0.0166. The Morgan fingerprint density at radius 1 is 1.17 bits per heavy atom. The fourth-order valence-corrected chi connectivity index (χ4v) is 4.98. The SMILES string of the molecule is Cc1cc(S(=O)(=O)N(C)c2ccc(C(C)(C)C)cc2)sc1C(=O)O. The summed E-state index contributed by atoms with van der Waals surface area (Å²) in [6.45, 7) is 7.86. The van der Waals surface area contributed by atoms with Gasteiger partial charge in [-0.05, 0) is 41.7 Å². The number of carboxylic acids is 1. The van der Waals surface area contributed by atoms with E-state index >= 15 is 0 Å². The number of thiophene rings is 1. The highest BCUT2D eigenvalue weighted by Crippen LogP contribution is 2.31. The van der Waals surface area contributed by atoms with Crippen LogP contribution in [0.4, 0.5) is 5.69 Å². The van der Waals surface area contributed by atoms with Gasteiger partial charge in [-0.2, -0.15) is 0 Å². The van der Waals surface area contributed by atoms with Gasteiger partial charge >= 0.3 is 5.97 Å². The van der Waals surface area contributed by atoms with Gasteiger partial charge in [-0.3, -0.25) is 4.31 Å². The molecule has 0 aliphatic heterocycles. The van der Waals surface area contributed by atoms with E-state index in [0.717, 1.165) is 16.9 Å². The molecule has 0 unspecified atom stereocenters. The molecule has 0 spiro atoms. The maximum atomic E-state index is 12.7. The molecule has 130 valence electrons. The Morgan fingerprint density at radius 2 is 1.71 bits per heavy atom. The summed E-state index contributed by atoms with van der Waals surface area (Å²) >= 11 is 0.776. The van der Waals surface area contributed by atoms with Crippen molar-refractivity contribution in [2.45, 2.75) is 37.3 Å². The maximum Gasteiger partial charge on any atom is 0.346 e. The summed E-state index contributed by atoms with van der Waals surface area (Å²) in [6.07, 6.45) is 0. The third-order valence-corrected chi connectivity index (χ3v) is 7.26. The summed E-state index contributed by atoms with van der Waals surface area (Å²) in [7, 11) is -2.32. The Morgan fingerprint density at radius 3 is 2.12 bits per heavy atom. The predicted molar refractivity (Wildman–Crippen MR) is 96.7 cm³/mol. The van der Waals surface area contributed by atoms with Crippen LogP contribution in [0.1, 0.15) is 41.6 Å². The number of benzene rings is 1. The molecule has 7 heteroatoms. The molecule has 2 aromatic rings. The molecule has 24 heavy (non-hydrogen) atoms. The number of carboxylic acid groups (broad SMARTS) is 1. The standard InChI is InChI=1S/C17H21NO4S2/c1-11-10-14(23-15(11)16(19)20)24(21,22)18(5)13-8-6-12(7-9-13)17(2,3)4/h6-10H,1-5H3,(H,19,20). The van der Waals surface area contributed by atoms with Crippen molar-refractivity contribution < 1.29 is 18.3 Å². The number of nitrogens with zero attached hydrogens (tertiary/aromatic N) is 1. The Bertz CT molecular complexity index is 859. The molecular formula is C17H21NO4S2. The largest absolute Gasteiger partial charge is 0.477 e. The number of sulfonamides is 1. The van der Waals surface area contributed by atoms with Gasteiger partial charge in [0.1, 0.15) is 9.09 Å². The number of carbonyl (C=O) groups is 1. The molecule has 5 nitrogen and oxygen atoms in total. The van der Waals surface area contributed by atoms with Crippen LogP contribution in [-0.2, 0) is 15.4 Å². The van der Waals surface area contributed by atoms with Crippen LogP contribution in [0.15, 0.2) is 34.5 Å². The molecule has 1 heterocycles. The predicted octanol–water partition coefficient (Wildman–Crippen LogP) is 3.88. The van der Waals surface area contributed by atoms with Crippen LogP contribution < -0.4 is 4.31 Å². The third kappa shape index (κ3) is 3.47. The average molecular weight is 367 g/mol. The van der Waals surface area contributed by atoms with Gasteiger partial charge in [-0.1, -0.05) is 32.9 Å². The fraction of sp³-hybridized carbons (Fsp3) is 0.353. The highest BCUT2D eigenvalue weighted by molar-refractivity contribution is 7.94. The van der Waals surface area contributed by atoms with Gasteiger partial charge in [0.2, 0.25) is 0 Å². The lowest BCUT2D eigenvalue weighted by atomic mass is 9.87. The zero-order valence-corrected chi connectivity index (χ0v) is 16.0. The van der Waals surface area contributed by atoms with E-state index in [1.54, 1.807) is 19.1 Å². The van der Waals surface area contributed by atoms with Crippen molar-refractivity contribution in [2.24, 2.45) is 0 Å². The van der Waals surface area contributed by atoms with Gasteiger partial charge in [-0.15, -0.1) is 11.3 Å². The van der Waals surface area contributed by atoms with E-state index in [2.05, 4.69) is 20.8 Å². The second-order valence-corrected chi connectivity index (χ2v) is 9.90. The molecule has 0 aliphatic carbocycles. The van der Waals surface area contributed by atoms with Crippen LogP contribution >= 0.6 is 11.3 Å². The topological polar surface area (TPSA) is 74.7 Å². The lowest BCUT2D eigenvalue weighted by Crippen LogP contribution is -2.26. The monoisotopic (exact) mass is 367 g/mol. The smallest absolute Gasteiger partial charge is 0.346 e. The van der Waals surface area contributed by atoms with E-state index in [9.17, 15) is 13.2 Å². The molecule has 0 saturated carbocycles. The van der Waals surface area contributed by atoms with Crippen LogP contribution in [-0.4, -0.2) is 26.5 Å². The number of hydrogen-bond donors (Lipinski definition) is 1. The first kappa shape index (κ1) is 18.5. The number of rotatable bonds is 4. The molecule has 0 atom stereocenters. The van der Waals surface area contributed by atoms with E-state index < -0.39 is 16.0 Å². The summed E-state index contributed by atoms with van der Waals surface area (Å²) in [4.78, 5) is 11.2. The van der Waals surface area contributed by atoms with Crippen LogP contribution in [0.5, 0.6) is 0 Å². The Kier molecular flexibility index (Phi) is 4.79. The van der Waals surface area contributed by atoms with Crippen LogP contribution in [0.25, 0.3) is 0 Å². The van der Waals surface area contributed by atoms with Gasteiger partial charge in [0.05, 0.1) is 5.69 Å². The molecule has 0 aliphatic rings. The Labute approximate surface area is 146 Å². The molecule has 2 rings (SSSR count). The number of aryl methyl sites for hydroxylation is 1. The maximum absolute atomic E-state index is 12.7. The first-order valence-electron chi connectivity index (χ1n) is 7.38. The Hall–Kier alpha value is -1.86. The molecule has 0 bridgehead atoms. The summed E-state index contributed by atoms with van der Waals surface area (Å²) < 4.78 is 26.7. The minimum atomic E-state index is -3.79. The summed E-state index contributed by atoms with van der Waals surface area (Å²) in [5.41, 5.74) is 2.07. The highest BCUT2D eigenvalue weighted by atomic mass is 32.2. The van der Waals surface area contributed by atoms with Gasteiger partial charge in [0, 0.05) is 7.05 Å². The van der Waals surface area contributed by atoms with Crippen molar-refractivity contribution in [3.63, 3.8) is 0 Å². The van der Waals surface area contributed by atoms with Gasteiger partial charge in [-0.25, -0.2) is 13.2 Å². The lowest BCUT2D eigenvalue weighted by molar-refractivity contribution is 0.0701. The second kappa shape index (κ2) is 6.22. The second-order valence-electron chi connectivity index (χ2n) is 6.65. The van der Waals surface area contributed by atoms with Crippen molar-refractivity contribution >= 4 is 33.0 Å². The van der Waals surface area contributed by atoms with Crippen LogP contribution in [0.3, 0.4) is 0 Å². The van der Waals surface area contributed by atoms with Crippen LogP contribution in [0, 0.1) is 6.92 Å². The quantitative estimate of drug-likeness (QED) is 0.890. The third-order valence-electron chi connectivity index (χ3n) is 3.80. The summed E-state index contributed by atoms with van der Waals surface area (Å²) in [5.74, 6) is -1.11. The number of anilines is 1. The average Bonchev–Trinajstić information content (AvgIpc) is 2.88. The van der Waals surface area contributed by atoms with E-state index in [1.807, 2.05) is 12.1 Å². The van der Waals surface area contributed by atoms with Crippen molar-refractivity contribution in [3.05, 3.63) is 46.3 Å². The molecule has 1 aromatic heterocycles. The summed E-state index contributed by atoms with van der Waals surface area (Å²) in [6, 6.07) is 8.74.